The van der Waals surface area contributed by atoms with Crippen LogP contribution in [0.1, 0.15) is 11.3 Å². The molecule has 29 heavy (non-hydrogen) atoms. The molecule has 0 aliphatic heterocycles. The maximum atomic E-state index is 12.2. The van der Waals surface area contributed by atoms with Crippen LogP contribution in [0.15, 0.2) is 77.4 Å². The molecule has 152 valence electrons. The summed E-state index contributed by atoms with van der Waals surface area (Å²) >= 11 is 0. The van der Waals surface area contributed by atoms with E-state index in [0.717, 1.165) is 5.56 Å². The second-order valence-corrected chi connectivity index (χ2v) is 8.30. The smallest absolute Gasteiger partial charge is 0.258 e. The number of nitrogens with zero attached hydrogens (tertiary/aromatic N) is 1. The first-order chi connectivity index (χ1) is 13.9. The van der Waals surface area contributed by atoms with Crippen LogP contribution in [0.2, 0.25) is 0 Å². The van der Waals surface area contributed by atoms with Gasteiger partial charge in [-0.15, -0.1) is 0 Å². The minimum absolute atomic E-state index is 0.153. The van der Waals surface area contributed by atoms with Crippen molar-refractivity contribution in [2.75, 3.05) is 17.2 Å². The van der Waals surface area contributed by atoms with Gasteiger partial charge in [-0.1, -0.05) is 30.3 Å². The van der Waals surface area contributed by atoms with Crippen molar-refractivity contribution < 1.29 is 22.4 Å². The van der Waals surface area contributed by atoms with E-state index in [2.05, 4.69) is 5.32 Å². The lowest BCUT2D eigenvalue weighted by Crippen LogP contribution is -2.29. The van der Waals surface area contributed by atoms with Crippen LogP contribution in [0, 0.1) is 0 Å². The summed E-state index contributed by atoms with van der Waals surface area (Å²) in [5.74, 6) is 0.837. The van der Waals surface area contributed by atoms with Crippen molar-refractivity contribution in [3.8, 4) is 5.75 Å². The number of nitrogens with one attached hydrogen (secondary N) is 1. The molecule has 0 fully saturated rings. The van der Waals surface area contributed by atoms with Crippen LogP contribution in [0.3, 0.4) is 0 Å². The molecule has 0 atom stereocenters. The van der Waals surface area contributed by atoms with Crippen molar-refractivity contribution in [2.45, 2.75) is 13.1 Å². The van der Waals surface area contributed by atoms with E-state index in [0.29, 0.717) is 17.2 Å². The molecule has 1 amide bonds. The minimum atomic E-state index is -3.46. The molecule has 0 saturated heterocycles. The van der Waals surface area contributed by atoms with Crippen LogP contribution in [0.5, 0.6) is 5.75 Å². The van der Waals surface area contributed by atoms with E-state index in [1.54, 1.807) is 36.4 Å². The summed E-state index contributed by atoms with van der Waals surface area (Å²) in [6.07, 6.45) is 2.71. The Morgan fingerprint density at radius 3 is 2.38 bits per heavy atom. The number of anilines is 1. The van der Waals surface area contributed by atoms with E-state index in [1.807, 2.05) is 30.3 Å². The number of furan rings is 1. The van der Waals surface area contributed by atoms with Gasteiger partial charge >= 0.3 is 0 Å². The Hall–Kier alpha value is -3.26. The molecule has 0 aliphatic carbocycles. The molecule has 0 spiro atoms. The lowest BCUT2D eigenvalue weighted by atomic mass is 10.2. The fourth-order valence-electron chi connectivity index (χ4n) is 2.66. The highest BCUT2D eigenvalue weighted by Gasteiger charge is 2.18. The Morgan fingerprint density at radius 1 is 1.03 bits per heavy atom. The average Bonchev–Trinajstić information content (AvgIpc) is 3.23. The molecular formula is C21H22N2O5S. The molecule has 0 bridgehead atoms. The predicted molar refractivity (Wildman–Crippen MR) is 110 cm³/mol. The maximum absolute atomic E-state index is 12.2. The minimum Gasteiger partial charge on any atom is -0.484 e. The summed E-state index contributed by atoms with van der Waals surface area (Å²) in [6.45, 7) is 0.367. The van der Waals surface area contributed by atoms with E-state index in [4.69, 9.17) is 9.15 Å². The van der Waals surface area contributed by atoms with Crippen LogP contribution in [0.25, 0.3) is 0 Å². The molecule has 7 nitrogen and oxygen atoms in total. The first-order valence-corrected chi connectivity index (χ1v) is 10.8. The Kier molecular flexibility index (Phi) is 6.56. The van der Waals surface area contributed by atoms with E-state index in [1.165, 1.54) is 16.8 Å². The molecule has 1 N–H and O–H groups in total. The number of benzene rings is 2. The van der Waals surface area contributed by atoms with Gasteiger partial charge in [0.15, 0.2) is 6.61 Å². The van der Waals surface area contributed by atoms with Crippen LogP contribution in [0.4, 0.5) is 5.69 Å². The molecule has 1 aromatic heterocycles. The van der Waals surface area contributed by atoms with Crippen LogP contribution in [-0.2, 0) is 27.9 Å². The Labute approximate surface area is 170 Å². The number of amides is 1. The highest BCUT2D eigenvalue weighted by Crippen LogP contribution is 2.23. The third-order valence-corrected chi connectivity index (χ3v) is 5.24. The predicted octanol–water partition coefficient (Wildman–Crippen LogP) is 2.94. The Balaban J connectivity index is 1.59. The van der Waals surface area contributed by atoms with E-state index in [-0.39, 0.29) is 25.6 Å². The molecule has 8 heteroatoms. The maximum Gasteiger partial charge on any atom is 0.258 e. The molecule has 0 saturated carbocycles. The molecule has 0 aliphatic rings. The van der Waals surface area contributed by atoms with Gasteiger partial charge < -0.3 is 14.5 Å². The first kappa shape index (κ1) is 20.5. The van der Waals surface area contributed by atoms with Gasteiger partial charge in [-0.05, 0) is 42.0 Å². The number of sulfonamides is 1. The number of carbonyl (C=O) groups excluding carboxylic acids is 1. The lowest BCUT2D eigenvalue weighted by Gasteiger charge is -2.22. The SMILES string of the molecule is CS(=O)(=O)N(Cc1ccccc1)c1ccc(OCC(=O)NCc2ccco2)cc1. The van der Waals surface area contributed by atoms with E-state index in [9.17, 15) is 13.2 Å². The van der Waals surface area contributed by atoms with E-state index < -0.39 is 10.0 Å². The van der Waals surface area contributed by atoms with Crippen LogP contribution < -0.4 is 14.4 Å². The zero-order chi connectivity index (χ0) is 20.7. The van der Waals surface area contributed by atoms with Gasteiger partial charge in [-0.3, -0.25) is 9.10 Å². The standard InChI is InChI=1S/C21H22N2O5S/c1-29(25,26)23(15-17-6-3-2-4-7-17)18-9-11-19(12-10-18)28-16-21(24)22-14-20-8-5-13-27-20/h2-13H,14-16H2,1H3,(H,22,24). The highest BCUT2D eigenvalue weighted by molar-refractivity contribution is 7.92. The Bertz CT molecular complexity index is 1020. The van der Waals surface area contributed by atoms with Gasteiger partial charge in [-0.25, -0.2) is 8.42 Å². The van der Waals surface area contributed by atoms with Crippen molar-refractivity contribution in [1.29, 1.82) is 0 Å². The summed E-state index contributed by atoms with van der Waals surface area (Å²) in [4.78, 5) is 11.9. The lowest BCUT2D eigenvalue weighted by molar-refractivity contribution is -0.123. The van der Waals surface area contributed by atoms with Gasteiger partial charge in [0.2, 0.25) is 10.0 Å². The fourth-order valence-corrected chi connectivity index (χ4v) is 3.54. The molecular weight excluding hydrogens is 392 g/mol. The summed E-state index contributed by atoms with van der Waals surface area (Å²) < 4.78 is 36.4. The quantitative estimate of drug-likeness (QED) is 0.582. The number of ether oxygens (including phenoxy) is 1. The fraction of sp³-hybridized carbons (Fsp3) is 0.190. The molecule has 3 aromatic rings. The number of hydrogen-bond donors (Lipinski definition) is 1. The number of rotatable bonds is 9. The van der Waals surface area contributed by atoms with Gasteiger partial charge in [-0.2, -0.15) is 0 Å². The zero-order valence-electron chi connectivity index (χ0n) is 15.9. The van der Waals surface area contributed by atoms with Crippen molar-refractivity contribution in [2.24, 2.45) is 0 Å². The second kappa shape index (κ2) is 9.29. The third-order valence-electron chi connectivity index (χ3n) is 4.10. The van der Waals surface area contributed by atoms with Gasteiger partial charge in [0.05, 0.1) is 31.3 Å². The molecule has 1 heterocycles. The average molecular weight is 414 g/mol. The molecule has 2 aromatic carbocycles. The molecule has 3 rings (SSSR count). The van der Waals surface area contributed by atoms with Crippen molar-refractivity contribution in [1.82, 2.24) is 5.32 Å². The largest absolute Gasteiger partial charge is 0.484 e. The summed E-state index contributed by atoms with van der Waals surface area (Å²) in [7, 11) is -3.46. The topological polar surface area (TPSA) is 88.8 Å². The van der Waals surface area contributed by atoms with E-state index >= 15 is 0 Å². The monoisotopic (exact) mass is 414 g/mol. The van der Waals surface area contributed by atoms with Crippen molar-refractivity contribution in [3.05, 3.63) is 84.3 Å². The van der Waals surface area contributed by atoms with Crippen molar-refractivity contribution >= 4 is 21.6 Å². The van der Waals surface area contributed by atoms with Gasteiger partial charge in [0.1, 0.15) is 11.5 Å². The number of hydrogen-bond acceptors (Lipinski definition) is 5. The Morgan fingerprint density at radius 2 is 1.76 bits per heavy atom. The zero-order valence-corrected chi connectivity index (χ0v) is 16.8. The third kappa shape index (κ3) is 6.11. The second-order valence-electron chi connectivity index (χ2n) is 6.39. The summed E-state index contributed by atoms with van der Waals surface area (Å²) in [6, 6.07) is 19.4. The molecule has 0 unspecified atom stereocenters. The normalized spacial score (nSPS) is 11.1. The van der Waals surface area contributed by atoms with Crippen molar-refractivity contribution in [3.63, 3.8) is 0 Å². The number of carbonyl (C=O) groups is 1. The van der Waals surface area contributed by atoms with Gasteiger partial charge in [0, 0.05) is 0 Å². The summed E-state index contributed by atoms with van der Waals surface area (Å²) in [5, 5.41) is 2.69. The van der Waals surface area contributed by atoms with Crippen LogP contribution >= 0.6 is 0 Å². The van der Waals surface area contributed by atoms with Gasteiger partial charge in [0.25, 0.3) is 5.91 Å². The highest BCUT2D eigenvalue weighted by atomic mass is 32.2. The first-order valence-electron chi connectivity index (χ1n) is 8.95. The molecule has 0 radical (unpaired) electrons. The van der Waals surface area contributed by atoms with Crippen LogP contribution in [-0.4, -0.2) is 27.2 Å². The summed E-state index contributed by atoms with van der Waals surface area (Å²) in [5.41, 5.74) is 1.40.